The van der Waals surface area contributed by atoms with Crippen LogP contribution in [0.2, 0.25) is 0 Å². The van der Waals surface area contributed by atoms with Gasteiger partial charge in [-0.3, -0.25) is 0 Å². The maximum atomic E-state index is 8.00. The first-order valence-corrected chi connectivity index (χ1v) is 0.577. The van der Waals surface area contributed by atoms with Gasteiger partial charge in [0.25, 0.3) is 0 Å². The molecule has 0 heterocycles. The van der Waals surface area contributed by atoms with Crippen LogP contribution in [0.25, 0.3) is 0 Å². The van der Waals surface area contributed by atoms with E-state index in [2.05, 4.69) is 0 Å². The summed E-state index contributed by atoms with van der Waals surface area (Å²) >= 11 is 0. The van der Waals surface area contributed by atoms with Crippen molar-refractivity contribution >= 4 is 30.9 Å². The van der Waals surface area contributed by atoms with Crippen molar-refractivity contribution in [3.8, 4) is 0 Å². The van der Waals surface area contributed by atoms with Gasteiger partial charge in [-0.15, -0.1) is 0 Å². The molecule has 0 radical (unpaired) electrons. The van der Waals surface area contributed by atoms with Crippen LogP contribution in [0.5, 0.6) is 0 Å². The third kappa shape index (κ3) is 835. The molecule has 24 valence electrons. The SMILES string of the molecule is C=O.C=O.[Al+3]. The van der Waals surface area contributed by atoms with Crippen LogP contribution in [0, 0.1) is 0 Å². The topological polar surface area (TPSA) is 34.1 Å². The summed E-state index contributed by atoms with van der Waals surface area (Å²) in [6, 6.07) is 0. The second-order valence-electron chi connectivity index (χ2n) is 0. The van der Waals surface area contributed by atoms with E-state index in [4.69, 9.17) is 9.59 Å². The smallest absolute Gasteiger partial charge is 0.307 e. The van der Waals surface area contributed by atoms with Gasteiger partial charge in [-0.25, -0.2) is 0 Å². The molecule has 3 heteroatoms. The van der Waals surface area contributed by atoms with Crippen LogP contribution in [-0.2, 0) is 9.59 Å². The van der Waals surface area contributed by atoms with E-state index in [1.54, 1.807) is 0 Å². The molecule has 0 saturated carbocycles. The van der Waals surface area contributed by atoms with Crippen molar-refractivity contribution < 1.29 is 9.59 Å². The van der Waals surface area contributed by atoms with Crippen LogP contribution in [-0.4, -0.2) is 30.9 Å². The molecule has 0 spiro atoms. The summed E-state index contributed by atoms with van der Waals surface area (Å²) in [5.41, 5.74) is 0. The van der Waals surface area contributed by atoms with E-state index in [0.29, 0.717) is 0 Å². The van der Waals surface area contributed by atoms with Gasteiger partial charge in [0.05, 0.1) is 0 Å². The fourth-order valence-corrected chi connectivity index (χ4v) is 0. The van der Waals surface area contributed by atoms with Crippen molar-refractivity contribution in [1.82, 2.24) is 0 Å². The number of hydrogen-bond acceptors (Lipinski definition) is 2. The van der Waals surface area contributed by atoms with E-state index < -0.39 is 0 Å². The Bertz CT molecular complexity index is 9.61. The minimum absolute atomic E-state index is 0. The third-order valence-electron chi connectivity index (χ3n) is 0. The van der Waals surface area contributed by atoms with Gasteiger partial charge in [0.1, 0.15) is 13.6 Å². The van der Waals surface area contributed by atoms with Gasteiger partial charge in [-0.1, -0.05) is 0 Å². The molecule has 0 N–H and O–H groups in total. The van der Waals surface area contributed by atoms with Gasteiger partial charge < -0.3 is 9.59 Å². The molecule has 0 saturated heterocycles. The largest absolute Gasteiger partial charge is 3.00 e. The molecule has 0 aliphatic heterocycles. The van der Waals surface area contributed by atoms with Crippen LogP contribution in [0.4, 0.5) is 0 Å². The van der Waals surface area contributed by atoms with Crippen LogP contribution in [0.3, 0.4) is 0 Å². The van der Waals surface area contributed by atoms with Crippen molar-refractivity contribution in [2.24, 2.45) is 0 Å². The molecule has 0 rings (SSSR count). The van der Waals surface area contributed by atoms with Crippen LogP contribution < -0.4 is 0 Å². The molecule has 0 atom stereocenters. The number of hydrogen-bond donors (Lipinski definition) is 0. The van der Waals surface area contributed by atoms with Crippen molar-refractivity contribution in [2.45, 2.75) is 0 Å². The fraction of sp³-hybridized carbons (Fsp3) is 0. The molecular formula is C2H4AlO2+3. The van der Waals surface area contributed by atoms with E-state index in [1.165, 1.54) is 0 Å². The molecule has 0 amide bonds. The van der Waals surface area contributed by atoms with Gasteiger partial charge >= 0.3 is 17.4 Å². The standard InChI is InChI=1S/2CH2O.Al/c2*1-2;/h2*1H2;/q;;+3. The number of rotatable bonds is 0. The van der Waals surface area contributed by atoms with E-state index in [-0.39, 0.29) is 17.4 Å². The monoisotopic (exact) mass is 87.0 g/mol. The fourth-order valence-electron chi connectivity index (χ4n) is 0. The molecule has 0 aliphatic rings. The summed E-state index contributed by atoms with van der Waals surface area (Å²) in [5, 5.41) is 0. The maximum Gasteiger partial charge on any atom is 3.00 e. The molecule has 0 aromatic rings. The molecule has 0 aromatic carbocycles. The van der Waals surface area contributed by atoms with Gasteiger partial charge in [-0.2, -0.15) is 0 Å². The summed E-state index contributed by atoms with van der Waals surface area (Å²) in [5.74, 6) is 0. The van der Waals surface area contributed by atoms with Crippen molar-refractivity contribution in [3.05, 3.63) is 0 Å². The Balaban J connectivity index is -0.0000000133. The molecule has 0 fully saturated rings. The Morgan fingerprint density at radius 3 is 0.800 bits per heavy atom. The van der Waals surface area contributed by atoms with E-state index in [1.807, 2.05) is 13.6 Å². The minimum atomic E-state index is 0. The normalized spacial score (nSPS) is 1.60. The maximum absolute atomic E-state index is 8.00. The van der Waals surface area contributed by atoms with E-state index in [0.717, 1.165) is 0 Å². The van der Waals surface area contributed by atoms with Crippen molar-refractivity contribution in [2.75, 3.05) is 0 Å². The van der Waals surface area contributed by atoms with Crippen LogP contribution >= 0.6 is 0 Å². The van der Waals surface area contributed by atoms with Crippen LogP contribution in [0.1, 0.15) is 0 Å². The van der Waals surface area contributed by atoms with Gasteiger partial charge in [0.15, 0.2) is 0 Å². The van der Waals surface area contributed by atoms with Gasteiger partial charge in [-0.05, 0) is 0 Å². The Labute approximate surface area is 41.3 Å². The zero-order chi connectivity index (χ0) is 4.00. The van der Waals surface area contributed by atoms with Gasteiger partial charge in [0, 0.05) is 0 Å². The molecule has 0 aromatic heterocycles. The predicted molar refractivity (Wildman–Crippen MR) is 20.0 cm³/mol. The van der Waals surface area contributed by atoms with Crippen molar-refractivity contribution in [3.63, 3.8) is 0 Å². The quantitative estimate of drug-likeness (QED) is 0.364. The third-order valence-corrected chi connectivity index (χ3v) is 0. The average Bonchev–Trinajstić information content (AvgIpc) is 1.50. The minimum Gasteiger partial charge on any atom is -0.307 e. The molecule has 0 unspecified atom stereocenters. The Morgan fingerprint density at radius 1 is 0.800 bits per heavy atom. The first-order chi connectivity index (χ1) is 2.00. The van der Waals surface area contributed by atoms with Gasteiger partial charge in [0.2, 0.25) is 0 Å². The van der Waals surface area contributed by atoms with E-state index in [9.17, 15) is 0 Å². The number of carbonyl (C=O) groups is 2. The molecule has 2 nitrogen and oxygen atoms in total. The summed E-state index contributed by atoms with van der Waals surface area (Å²) < 4.78 is 0. The second-order valence-corrected chi connectivity index (χ2v) is 0. The Morgan fingerprint density at radius 2 is 0.800 bits per heavy atom. The zero-order valence-corrected chi connectivity index (χ0v) is 3.96. The Kier molecular flexibility index (Phi) is 8190. The second kappa shape index (κ2) is 1960. The van der Waals surface area contributed by atoms with Crippen LogP contribution in [0.15, 0.2) is 0 Å². The summed E-state index contributed by atoms with van der Waals surface area (Å²) in [4.78, 5) is 16.0. The molecular weight excluding hydrogens is 83.0 g/mol. The van der Waals surface area contributed by atoms with Crippen molar-refractivity contribution in [1.29, 1.82) is 0 Å². The summed E-state index contributed by atoms with van der Waals surface area (Å²) in [7, 11) is 0. The van der Waals surface area contributed by atoms with E-state index >= 15 is 0 Å². The molecule has 0 bridgehead atoms. The first kappa shape index (κ1) is 20.8. The molecule has 5 heavy (non-hydrogen) atoms. The first-order valence-electron chi connectivity index (χ1n) is 0.577. The number of carbonyl (C=O) groups excluding carboxylic acids is 2. The predicted octanol–water partition coefficient (Wildman–Crippen LogP) is -0.751. The summed E-state index contributed by atoms with van der Waals surface area (Å²) in [6.07, 6.45) is 0. The average molecular weight is 87.0 g/mol. The summed E-state index contributed by atoms with van der Waals surface area (Å²) in [6.45, 7) is 4.00. The Hall–Kier alpha value is -0.128. The molecule has 0 aliphatic carbocycles. The zero-order valence-electron chi connectivity index (χ0n) is 2.81.